The van der Waals surface area contributed by atoms with Crippen LogP contribution in [0.4, 0.5) is 5.69 Å². The van der Waals surface area contributed by atoms with E-state index in [0.717, 1.165) is 11.3 Å². The minimum atomic E-state index is -0.874. The Bertz CT molecular complexity index is 978. The molecule has 0 radical (unpaired) electrons. The average molecular weight is 434 g/mol. The number of benzene rings is 3. The zero-order chi connectivity index (χ0) is 22.6. The first-order chi connectivity index (χ1) is 15.6. The van der Waals surface area contributed by atoms with Crippen LogP contribution in [0.25, 0.3) is 0 Å². The van der Waals surface area contributed by atoms with Crippen molar-refractivity contribution in [3.63, 3.8) is 0 Å². The molecule has 0 fully saturated rings. The number of hydrogen-bond donors (Lipinski definition) is 2. The van der Waals surface area contributed by atoms with Crippen LogP contribution < -0.4 is 15.4 Å². The number of methoxy groups -OCH3 is 1. The number of hydrogen-bond acceptors (Lipinski definition) is 5. The van der Waals surface area contributed by atoms with Crippen LogP contribution in [-0.2, 0) is 25.7 Å². The first-order valence-corrected chi connectivity index (χ1v) is 10.2. The van der Waals surface area contributed by atoms with Gasteiger partial charge in [0.2, 0.25) is 11.8 Å². The van der Waals surface area contributed by atoms with Crippen molar-refractivity contribution in [3.8, 4) is 11.5 Å². The molecule has 3 aromatic rings. The summed E-state index contributed by atoms with van der Waals surface area (Å²) in [6.45, 7) is 0.204. The van der Waals surface area contributed by atoms with E-state index in [-0.39, 0.29) is 19.1 Å². The quantitative estimate of drug-likeness (QED) is 0.480. The molecule has 7 heteroatoms. The minimum Gasteiger partial charge on any atom is -0.457 e. The van der Waals surface area contributed by atoms with Crippen LogP contribution in [0.1, 0.15) is 5.56 Å². The van der Waals surface area contributed by atoms with Gasteiger partial charge in [0.15, 0.2) is 0 Å². The number of carbonyl (C=O) groups is 2. The summed E-state index contributed by atoms with van der Waals surface area (Å²) in [5.41, 5.74) is 1.55. The van der Waals surface area contributed by atoms with E-state index in [1.54, 1.807) is 24.3 Å². The number of amides is 2. The second-order valence-electron chi connectivity index (χ2n) is 6.98. The lowest BCUT2D eigenvalue weighted by Crippen LogP contribution is -2.47. The number of carbonyl (C=O) groups excluding carboxylic acids is 2. The van der Waals surface area contributed by atoms with E-state index in [2.05, 4.69) is 10.6 Å². The highest BCUT2D eigenvalue weighted by atomic mass is 16.5. The number of rotatable bonds is 11. The molecule has 0 saturated heterocycles. The Morgan fingerprint density at radius 2 is 1.47 bits per heavy atom. The van der Waals surface area contributed by atoms with E-state index in [0.29, 0.717) is 18.0 Å². The van der Waals surface area contributed by atoms with Gasteiger partial charge in [0.1, 0.15) is 24.1 Å². The Morgan fingerprint density at radius 1 is 0.844 bits per heavy atom. The van der Waals surface area contributed by atoms with E-state index in [1.165, 1.54) is 7.11 Å². The SMILES string of the molecule is COCC(=O)NC(COCc1ccccc1)C(=O)Nc1ccc(Oc2ccccc2)cc1. The average Bonchev–Trinajstić information content (AvgIpc) is 2.81. The molecule has 2 amide bonds. The molecule has 3 rings (SSSR count). The van der Waals surface area contributed by atoms with E-state index in [4.69, 9.17) is 14.2 Å². The Morgan fingerprint density at radius 3 is 2.12 bits per heavy atom. The van der Waals surface area contributed by atoms with Crippen molar-refractivity contribution in [1.29, 1.82) is 0 Å². The molecule has 0 aliphatic rings. The first-order valence-electron chi connectivity index (χ1n) is 10.2. The molecular weight excluding hydrogens is 408 g/mol. The summed E-state index contributed by atoms with van der Waals surface area (Å²) in [5.74, 6) is 0.577. The molecule has 166 valence electrons. The predicted octanol–water partition coefficient (Wildman–Crippen LogP) is 3.77. The summed E-state index contributed by atoms with van der Waals surface area (Å²) in [6.07, 6.45) is 0. The third-order valence-corrected chi connectivity index (χ3v) is 4.42. The fourth-order valence-corrected chi connectivity index (χ4v) is 2.88. The van der Waals surface area contributed by atoms with Crippen molar-refractivity contribution in [2.45, 2.75) is 12.6 Å². The van der Waals surface area contributed by atoms with Gasteiger partial charge in [-0.2, -0.15) is 0 Å². The van der Waals surface area contributed by atoms with Crippen molar-refractivity contribution in [1.82, 2.24) is 5.32 Å². The van der Waals surface area contributed by atoms with Crippen LogP contribution in [0.3, 0.4) is 0 Å². The van der Waals surface area contributed by atoms with Crippen LogP contribution in [0.2, 0.25) is 0 Å². The molecule has 0 aliphatic heterocycles. The van der Waals surface area contributed by atoms with Crippen molar-refractivity contribution in [3.05, 3.63) is 90.5 Å². The normalized spacial score (nSPS) is 11.4. The molecule has 0 spiro atoms. The summed E-state index contributed by atoms with van der Waals surface area (Å²) in [7, 11) is 1.42. The van der Waals surface area contributed by atoms with Crippen LogP contribution in [0.15, 0.2) is 84.9 Å². The molecule has 1 unspecified atom stereocenters. The molecule has 2 N–H and O–H groups in total. The molecule has 0 heterocycles. The highest BCUT2D eigenvalue weighted by Gasteiger charge is 2.21. The molecule has 0 aliphatic carbocycles. The fourth-order valence-electron chi connectivity index (χ4n) is 2.88. The number of ether oxygens (including phenoxy) is 3. The lowest BCUT2D eigenvalue weighted by Gasteiger charge is -2.19. The monoisotopic (exact) mass is 434 g/mol. The predicted molar refractivity (Wildman–Crippen MR) is 121 cm³/mol. The van der Waals surface area contributed by atoms with Gasteiger partial charge in [-0.25, -0.2) is 0 Å². The molecule has 0 bridgehead atoms. The van der Waals surface area contributed by atoms with Crippen LogP contribution in [0.5, 0.6) is 11.5 Å². The largest absolute Gasteiger partial charge is 0.457 e. The van der Waals surface area contributed by atoms with Gasteiger partial charge in [-0.1, -0.05) is 48.5 Å². The first kappa shape index (κ1) is 23.0. The van der Waals surface area contributed by atoms with Crippen LogP contribution >= 0.6 is 0 Å². The Balaban J connectivity index is 1.58. The highest BCUT2D eigenvalue weighted by molar-refractivity contribution is 5.97. The summed E-state index contributed by atoms with van der Waals surface area (Å²) in [6, 6.07) is 25.1. The van der Waals surface area contributed by atoms with Gasteiger partial charge in [0.05, 0.1) is 13.2 Å². The zero-order valence-corrected chi connectivity index (χ0v) is 17.8. The molecular formula is C25H26N2O5. The Hall–Kier alpha value is -3.68. The van der Waals surface area contributed by atoms with Gasteiger partial charge in [-0.15, -0.1) is 0 Å². The third kappa shape index (κ3) is 7.54. The van der Waals surface area contributed by atoms with Crippen LogP contribution in [0, 0.1) is 0 Å². The van der Waals surface area contributed by atoms with E-state index >= 15 is 0 Å². The number of anilines is 1. The highest BCUT2D eigenvalue weighted by Crippen LogP contribution is 2.22. The number of para-hydroxylation sites is 1. The third-order valence-electron chi connectivity index (χ3n) is 4.42. The van der Waals surface area contributed by atoms with E-state index in [9.17, 15) is 9.59 Å². The van der Waals surface area contributed by atoms with Gasteiger partial charge in [0, 0.05) is 12.8 Å². The zero-order valence-electron chi connectivity index (χ0n) is 17.8. The maximum Gasteiger partial charge on any atom is 0.249 e. The summed E-state index contributed by atoms with van der Waals surface area (Å²) in [5, 5.41) is 5.44. The van der Waals surface area contributed by atoms with Crippen LogP contribution in [-0.4, -0.2) is 38.2 Å². The van der Waals surface area contributed by atoms with Crippen molar-refractivity contribution < 1.29 is 23.8 Å². The van der Waals surface area contributed by atoms with E-state index in [1.807, 2.05) is 60.7 Å². The lowest BCUT2D eigenvalue weighted by molar-refractivity contribution is -0.130. The molecule has 32 heavy (non-hydrogen) atoms. The van der Waals surface area contributed by atoms with E-state index < -0.39 is 11.9 Å². The molecule has 1 atom stereocenters. The number of nitrogens with one attached hydrogen (secondary N) is 2. The topological polar surface area (TPSA) is 85.9 Å². The molecule has 3 aromatic carbocycles. The smallest absolute Gasteiger partial charge is 0.249 e. The fraction of sp³-hybridized carbons (Fsp3) is 0.200. The maximum atomic E-state index is 12.8. The van der Waals surface area contributed by atoms with Gasteiger partial charge in [0.25, 0.3) is 0 Å². The van der Waals surface area contributed by atoms with Gasteiger partial charge in [-0.05, 0) is 42.0 Å². The maximum absolute atomic E-state index is 12.8. The second-order valence-corrected chi connectivity index (χ2v) is 6.98. The molecule has 0 aromatic heterocycles. The van der Waals surface area contributed by atoms with Gasteiger partial charge < -0.3 is 24.8 Å². The Kier molecular flexibility index (Phi) is 8.80. The molecule has 7 nitrogen and oxygen atoms in total. The molecule has 0 saturated carbocycles. The van der Waals surface area contributed by atoms with Crippen molar-refractivity contribution in [2.24, 2.45) is 0 Å². The Labute approximate surface area is 187 Å². The lowest BCUT2D eigenvalue weighted by atomic mass is 10.2. The summed E-state index contributed by atoms with van der Waals surface area (Å²) in [4.78, 5) is 24.8. The van der Waals surface area contributed by atoms with Gasteiger partial charge in [-0.3, -0.25) is 9.59 Å². The minimum absolute atomic E-state index is 0.0192. The van der Waals surface area contributed by atoms with Crippen molar-refractivity contribution in [2.75, 3.05) is 25.6 Å². The summed E-state index contributed by atoms with van der Waals surface area (Å²) < 4.78 is 16.3. The van der Waals surface area contributed by atoms with Gasteiger partial charge >= 0.3 is 0 Å². The standard InChI is InChI=1S/C25H26N2O5/c1-30-18-24(28)27-23(17-31-16-19-8-4-2-5-9-19)25(29)26-20-12-14-22(15-13-20)32-21-10-6-3-7-11-21/h2-15,23H,16-18H2,1H3,(H,26,29)(H,27,28). The summed E-state index contributed by atoms with van der Waals surface area (Å²) >= 11 is 0. The second kappa shape index (κ2) is 12.2. The van der Waals surface area contributed by atoms with Crippen molar-refractivity contribution >= 4 is 17.5 Å².